The maximum Gasteiger partial charge on any atom is 0.346 e. The van der Waals surface area contributed by atoms with Gasteiger partial charge in [0.15, 0.2) is 11.6 Å². The minimum atomic E-state index is -0.685. The van der Waals surface area contributed by atoms with Crippen molar-refractivity contribution in [3.05, 3.63) is 81.3 Å². The van der Waals surface area contributed by atoms with Crippen LogP contribution in [0.1, 0.15) is 48.3 Å². The van der Waals surface area contributed by atoms with E-state index < -0.39 is 23.5 Å². The normalized spacial score (nSPS) is 21.9. The first-order chi connectivity index (χ1) is 14.9. The van der Waals surface area contributed by atoms with Crippen molar-refractivity contribution >= 4 is 0 Å². The van der Waals surface area contributed by atoms with E-state index in [1.54, 1.807) is 0 Å². The summed E-state index contributed by atoms with van der Waals surface area (Å²) >= 11 is 0. The number of fused-ring (bicyclic) bond motifs is 1. The Labute approximate surface area is 175 Å². The average Bonchev–Trinajstić information content (AvgIpc) is 3.25. The van der Waals surface area contributed by atoms with Crippen LogP contribution in [0.3, 0.4) is 0 Å². The number of benzene rings is 2. The molecule has 1 saturated carbocycles. The SMILES string of the molecule is N#Cc1ccc(F)c(O[C@H]2C[C@H](n3nc4n(c3=O)[C@H](c3cc(F)cc(F)c3)CC4)C2)c1. The Morgan fingerprint density at radius 2 is 1.84 bits per heavy atom. The fourth-order valence-corrected chi connectivity index (χ4v) is 4.31. The number of hydrogen-bond acceptors (Lipinski definition) is 4. The molecule has 1 aliphatic heterocycles. The highest BCUT2D eigenvalue weighted by Gasteiger charge is 2.38. The van der Waals surface area contributed by atoms with Gasteiger partial charge in [0.05, 0.1) is 23.7 Å². The summed E-state index contributed by atoms with van der Waals surface area (Å²) < 4.78 is 49.8. The predicted octanol–water partition coefficient (Wildman–Crippen LogP) is 3.65. The highest BCUT2D eigenvalue weighted by atomic mass is 19.1. The average molecular weight is 426 g/mol. The maximum atomic E-state index is 13.9. The molecule has 0 N–H and O–H groups in total. The van der Waals surface area contributed by atoms with Gasteiger partial charge in [-0.25, -0.2) is 22.6 Å². The van der Waals surface area contributed by atoms with Crippen molar-refractivity contribution in [3.63, 3.8) is 0 Å². The minimum absolute atomic E-state index is 0.00961. The molecule has 2 aromatic carbocycles. The number of ether oxygens (including phenoxy) is 1. The molecular weight excluding hydrogens is 409 g/mol. The van der Waals surface area contributed by atoms with Crippen LogP contribution in [0.2, 0.25) is 0 Å². The monoisotopic (exact) mass is 426 g/mol. The van der Waals surface area contributed by atoms with E-state index in [4.69, 9.17) is 10.00 Å². The van der Waals surface area contributed by atoms with Gasteiger partial charge in [-0.1, -0.05) is 0 Å². The zero-order valence-electron chi connectivity index (χ0n) is 16.3. The molecule has 1 aromatic heterocycles. The third-order valence-corrected chi connectivity index (χ3v) is 5.90. The second-order valence-corrected chi connectivity index (χ2v) is 7.89. The Balaban J connectivity index is 1.33. The van der Waals surface area contributed by atoms with Crippen molar-refractivity contribution < 1.29 is 17.9 Å². The van der Waals surface area contributed by atoms with Gasteiger partial charge in [-0.05, 0) is 36.2 Å². The molecule has 158 valence electrons. The van der Waals surface area contributed by atoms with Crippen LogP contribution in [0, 0.1) is 28.8 Å². The Morgan fingerprint density at radius 3 is 2.55 bits per heavy atom. The molecule has 1 aliphatic carbocycles. The second kappa shape index (κ2) is 7.30. The van der Waals surface area contributed by atoms with Crippen LogP contribution in [0.25, 0.3) is 0 Å². The molecule has 3 aromatic rings. The van der Waals surface area contributed by atoms with Crippen LogP contribution in [0.5, 0.6) is 5.75 Å². The summed E-state index contributed by atoms with van der Waals surface area (Å²) in [5.74, 6) is -1.33. The first-order valence-electron chi connectivity index (χ1n) is 9.95. The van der Waals surface area contributed by atoms with Crippen molar-refractivity contribution in [2.24, 2.45) is 0 Å². The van der Waals surface area contributed by atoms with Gasteiger partial charge in [0.2, 0.25) is 0 Å². The summed E-state index contributed by atoms with van der Waals surface area (Å²) in [4.78, 5) is 13.0. The molecule has 0 spiro atoms. The van der Waals surface area contributed by atoms with Crippen LogP contribution < -0.4 is 10.4 Å². The number of halogens is 3. The summed E-state index contributed by atoms with van der Waals surface area (Å²) in [5.41, 5.74) is 0.373. The lowest BCUT2D eigenvalue weighted by Gasteiger charge is -2.34. The quantitative estimate of drug-likeness (QED) is 0.639. The summed E-state index contributed by atoms with van der Waals surface area (Å²) in [5, 5.41) is 13.4. The lowest BCUT2D eigenvalue weighted by Crippen LogP contribution is -2.41. The number of nitriles is 1. The van der Waals surface area contributed by atoms with Crippen LogP contribution in [-0.2, 0) is 6.42 Å². The number of nitrogens with zero attached hydrogens (tertiary/aromatic N) is 4. The summed E-state index contributed by atoms with van der Waals surface area (Å²) in [6.07, 6.45) is 1.71. The van der Waals surface area contributed by atoms with E-state index in [1.165, 1.54) is 39.6 Å². The zero-order chi connectivity index (χ0) is 21.7. The number of hydrogen-bond donors (Lipinski definition) is 0. The molecule has 31 heavy (non-hydrogen) atoms. The van der Waals surface area contributed by atoms with Crippen molar-refractivity contribution in [1.29, 1.82) is 5.26 Å². The standard InChI is InChI=1S/C22H17F3N4O2/c23-14-6-13(7-15(24)8-14)19-3-4-21-27-29(22(30)28(19)21)16-9-17(10-16)31-20-5-12(11-26)1-2-18(20)25/h1-2,5-8,16-17,19H,3-4,9-10H2/t16-,17-,19-/m0/s1. The van der Waals surface area contributed by atoms with Gasteiger partial charge in [-0.2, -0.15) is 10.4 Å². The smallest absolute Gasteiger partial charge is 0.346 e. The third kappa shape index (κ3) is 3.38. The van der Waals surface area contributed by atoms with E-state index in [9.17, 15) is 18.0 Å². The van der Waals surface area contributed by atoms with Crippen molar-refractivity contribution in [2.45, 2.75) is 43.9 Å². The summed E-state index contributed by atoms with van der Waals surface area (Å²) in [7, 11) is 0. The molecule has 0 bridgehead atoms. The number of aryl methyl sites for hydroxylation is 1. The summed E-state index contributed by atoms with van der Waals surface area (Å²) in [6, 6.07) is 8.46. The van der Waals surface area contributed by atoms with E-state index in [0.717, 1.165) is 6.07 Å². The fraction of sp³-hybridized carbons (Fsp3) is 0.318. The zero-order valence-corrected chi connectivity index (χ0v) is 16.3. The largest absolute Gasteiger partial charge is 0.487 e. The highest BCUT2D eigenvalue weighted by Crippen LogP contribution is 2.37. The lowest BCUT2D eigenvalue weighted by atomic mass is 9.89. The Bertz CT molecular complexity index is 1250. The molecule has 0 amide bonds. The highest BCUT2D eigenvalue weighted by molar-refractivity contribution is 5.37. The van der Waals surface area contributed by atoms with Crippen LogP contribution in [0.4, 0.5) is 13.2 Å². The molecule has 2 aliphatic rings. The molecule has 1 atom stereocenters. The van der Waals surface area contributed by atoms with Crippen LogP contribution in [-0.4, -0.2) is 20.5 Å². The first-order valence-corrected chi connectivity index (χ1v) is 9.95. The fourth-order valence-electron chi connectivity index (χ4n) is 4.31. The van der Waals surface area contributed by atoms with Crippen molar-refractivity contribution in [2.75, 3.05) is 0 Å². The van der Waals surface area contributed by atoms with E-state index in [2.05, 4.69) is 5.10 Å². The molecule has 6 nitrogen and oxygen atoms in total. The third-order valence-electron chi connectivity index (χ3n) is 5.90. The maximum absolute atomic E-state index is 13.9. The van der Waals surface area contributed by atoms with E-state index in [0.29, 0.717) is 42.6 Å². The van der Waals surface area contributed by atoms with Gasteiger partial charge in [0.1, 0.15) is 23.6 Å². The topological polar surface area (TPSA) is 72.8 Å². The van der Waals surface area contributed by atoms with Crippen LogP contribution in [0.15, 0.2) is 41.2 Å². The van der Waals surface area contributed by atoms with Crippen LogP contribution >= 0.6 is 0 Å². The van der Waals surface area contributed by atoms with Gasteiger partial charge in [0.25, 0.3) is 0 Å². The molecule has 9 heteroatoms. The molecule has 0 saturated heterocycles. The molecule has 1 fully saturated rings. The Kier molecular flexibility index (Phi) is 4.58. The van der Waals surface area contributed by atoms with E-state index in [1.807, 2.05) is 6.07 Å². The summed E-state index contributed by atoms with van der Waals surface area (Å²) in [6.45, 7) is 0. The first kappa shape index (κ1) is 19.4. The Hall–Kier alpha value is -3.54. The van der Waals surface area contributed by atoms with Gasteiger partial charge >= 0.3 is 5.69 Å². The van der Waals surface area contributed by atoms with Gasteiger partial charge in [0, 0.05) is 31.4 Å². The van der Waals surface area contributed by atoms with Gasteiger partial charge in [-0.15, -0.1) is 0 Å². The van der Waals surface area contributed by atoms with Gasteiger partial charge in [-0.3, -0.25) is 4.57 Å². The van der Waals surface area contributed by atoms with E-state index in [-0.39, 0.29) is 23.6 Å². The van der Waals surface area contributed by atoms with Gasteiger partial charge < -0.3 is 4.74 Å². The molecule has 5 rings (SSSR count). The minimum Gasteiger partial charge on any atom is -0.487 e. The van der Waals surface area contributed by atoms with Crippen molar-refractivity contribution in [1.82, 2.24) is 14.3 Å². The Morgan fingerprint density at radius 1 is 1.10 bits per heavy atom. The molecular formula is C22H17F3N4O2. The molecule has 2 heterocycles. The molecule has 0 unspecified atom stereocenters. The van der Waals surface area contributed by atoms with E-state index >= 15 is 0 Å². The number of rotatable bonds is 4. The van der Waals surface area contributed by atoms with Crippen molar-refractivity contribution in [3.8, 4) is 11.8 Å². The molecule has 0 radical (unpaired) electrons. The predicted molar refractivity (Wildman–Crippen MR) is 103 cm³/mol. The second-order valence-electron chi connectivity index (χ2n) is 7.89. The lowest BCUT2D eigenvalue weighted by molar-refractivity contribution is 0.0589. The number of aromatic nitrogens is 3.